The molecule has 4 heterocycles. The topological polar surface area (TPSA) is 81.1 Å². The maximum atomic E-state index is 13.7. The van der Waals surface area contributed by atoms with Gasteiger partial charge in [-0.05, 0) is 38.1 Å². The Morgan fingerprint density at radius 1 is 1.17 bits per heavy atom. The minimum absolute atomic E-state index is 0.0875. The lowest BCUT2D eigenvalue weighted by Gasteiger charge is -2.26. The zero-order valence-electron chi connectivity index (χ0n) is 15.4. The molecular weight excluding hydrogens is 380 g/mol. The molecule has 150 valence electrons. The van der Waals surface area contributed by atoms with Crippen molar-refractivity contribution in [2.24, 2.45) is 0 Å². The number of rotatable bonds is 3. The van der Waals surface area contributed by atoms with Crippen molar-refractivity contribution in [2.45, 2.75) is 31.4 Å². The smallest absolute Gasteiger partial charge is 0.413 e. The van der Waals surface area contributed by atoms with E-state index in [0.717, 1.165) is 36.8 Å². The molecule has 0 saturated carbocycles. The fourth-order valence-corrected chi connectivity index (χ4v) is 4.16. The van der Waals surface area contributed by atoms with Crippen LogP contribution in [0.2, 0.25) is 0 Å². The molecule has 0 aliphatic carbocycles. The molecule has 1 saturated heterocycles. The van der Waals surface area contributed by atoms with Crippen LogP contribution in [-0.2, 0) is 4.74 Å². The van der Waals surface area contributed by atoms with Gasteiger partial charge in [-0.1, -0.05) is 18.2 Å². The van der Waals surface area contributed by atoms with Crippen molar-refractivity contribution >= 4 is 22.8 Å². The number of aromatic nitrogens is 3. The van der Waals surface area contributed by atoms with E-state index in [9.17, 15) is 13.6 Å². The third kappa shape index (κ3) is 3.02. The van der Waals surface area contributed by atoms with E-state index in [1.807, 2.05) is 28.9 Å². The summed E-state index contributed by atoms with van der Waals surface area (Å²) < 4.78 is 34.3. The molecule has 2 aromatic heterocycles. The minimum Gasteiger partial charge on any atom is -0.435 e. The number of carbonyl (C=O) groups excluding carboxylic acids is 1. The van der Waals surface area contributed by atoms with Crippen molar-refractivity contribution in [3.05, 3.63) is 42.1 Å². The number of amides is 1. The quantitative estimate of drug-likeness (QED) is 0.698. The van der Waals surface area contributed by atoms with E-state index in [-0.39, 0.29) is 17.4 Å². The lowest BCUT2D eigenvalue weighted by atomic mass is 9.98. The van der Waals surface area contributed by atoms with E-state index in [1.165, 1.54) is 6.20 Å². The summed E-state index contributed by atoms with van der Waals surface area (Å²) in [6.45, 7) is 1.82. The zero-order chi connectivity index (χ0) is 20.0. The molecule has 1 atom stereocenters. The van der Waals surface area contributed by atoms with Gasteiger partial charge in [-0.25, -0.2) is 18.6 Å². The number of para-hydroxylation sites is 1. The fraction of sp³-hybridized carbons (Fsp3) is 0.350. The summed E-state index contributed by atoms with van der Waals surface area (Å²) in [5.41, 5.74) is 2.18. The number of nitrogens with one attached hydrogen (secondary N) is 2. The highest BCUT2D eigenvalue weighted by molar-refractivity contribution is 5.97. The Labute approximate surface area is 165 Å². The molecule has 5 rings (SSSR count). The number of ether oxygens (including phenoxy) is 1. The molecular formula is C20H19F2N5O2. The fourth-order valence-electron chi connectivity index (χ4n) is 4.16. The molecule has 0 unspecified atom stereocenters. The van der Waals surface area contributed by atoms with Crippen molar-refractivity contribution < 1.29 is 18.3 Å². The first-order valence-electron chi connectivity index (χ1n) is 9.56. The molecule has 7 nitrogen and oxygen atoms in total. The average Bonchev–Trinajstić information content (AvgIpc) is 3.13. The summed E-state index contributed by atoms with van der Waals surface area (Å²) in [5.74, 6) is 0.0875. The third-order valence-electron chi connectivity index (χ3n) is 5.48. The number of carbonyl (C=O) groups is 1. The summed E-state index contributed by atoms with van der Waals surface area (Å²) in [6, 6.07) is 9.65. The van der Waals surface area contributed by atoms with Gasteiger partial charge in [0.1, 0.15) is 11.5 Å². The van der Waals surface area contributed by atoms with E-state index >= 15 is 0 Å². The number of fused-ring (bicyclic) bond motifs is 2. The van der Waals surface area contributed by atoms with E-state index in [0.29, 0.717) is 11.3 Å². The third-order valence-corrected chi connectivity index (χ3v) is 5.48. The molecule has 1 aromatic carbocycles. The molecule has 3 aromatic rings. The van der Waals surface area contributed by atoms with Gasteiger partial charge in [-0.15, -0.1) is 0 Å². The van der Waals surface area contributed by atoms with Crippen molar-refractivity contribution in [3.63, 3.8) is 0 Å². The number of hydrogen-bond acceptors (Lipinski definition) is 5. The number of anilines is 1. The van der Waals surface area contributed by atoms with Crippen LogP contribution in [0.5, 0.6) is 0 Å². The highest BCUT2D eigenvalue weighted by Gasteiger charge is 2.37. The second-order valence-corrected chi connectivity index (χ2v) is 7.20. The summed E-state index contributed by atoms with van der Waals surface area (Å²) in [7, 11) is 0. The standard InChI is InChI=1S/C20H19F2N5O2/c21-18(22)17-15-13(7-10-24-19(15)25-20(28)29-17)16-12-3-1-2-4-14(12)27(26-16)11-5-8-23-9-6-11/h1-4,7,10-11,17-18,23H,5-6,8-9H2,(H,24,25,28)/t17-/m1/s1. The Bertz CT molecular complexity index is 1080. The van der Waals surface area contributed by atoms with Crippen LogP contribution in [0.1, 0.15) is 30.6 Å². The van der Waals surface area contributed by atoms with Gasteiger partial charge in [-0.2, -0.15) is 5.10 Å². The number of halogens is 2. The number of cyclic esters (lactones) is 1. The van der Waals surface area contributed by atoms with Crippen LogP contribution in [0, 0.1) is 0 Å². The SMILES string of the molecule is O=C1Nc2nccc(-c3nn(C4CCNCC4)c4ccccc34)c2[C@H](C(F)F)O1. The molecule has 0 bridgehead atoms. The molecule has 2 aliphatic heterocycles. The van der Waals surface area contributed by atoms with Gasteiger partial charge >= 0.3 is 6.09 Å². The molecule has 2 aliphatic rings. The molecule has 0 spiro atoms. The number of alkyl halides is 2. The van der Waals surface area contributed by atoms with E-state index in [1.54, 1.807) is 6.07 Å². The average molecular weight is 399 g/mol. The number of nitrogens with zero attached hydrogens (tertiary/aromatic N) is 3. The van der Waals surface area contributed by atoms with Gasteiger partial charge in [0.25, 0.3) is 6.43 Å². The number of benzene rings is 1. The van der Waals surface area contributed by atoms with Gasteiger partial charge < -0.3 is 10.1 Å². The zero-order valence-corrected chi connectivity index (χ0v) is 15.4. The molecule has 9 heteroatoms. The lowest BCUT2D eigenvalue weighted by Crippen LogP contribution is -2.30. The maximum absolute atomic E-state index is 13.7. The van der Waals surface area contributed by atoms with E-state index in [4.69, 9.17) is 9.84 Å². The van der Waals surface area contributed by atoms with E-state index < -0.39 is 18.6 Å². The van der Waals surface area contributed by atoms with Gasteiger partial charge in [0, 0.05) is 17.1 Å². The summed E-state index contributed by atoms with van der Waals surface area (Å²) >= 11 is 0. The molecule has 1 amide bonds. The molecule has 2 N–H and O–H groups in total. The van der Waals surface area contributed by atoms with E-state index in [2.05, 4.69) is 15.6 Å². The Balaban J connectivity index is 1.71. The summed E-state index contributed by atoms with van der Waals surface area (Å²) in [4.78, 5) is 15.8. The van der Waals surface area contributed by atoms with Gasteiger partial charge in [0.2, 0.25) is 0 Å². The Hall–Kier alpha value is -3.07. The first-order chi connectivity index (χ1) is 14.1. The Morgan fingerprint density at radius 2 is 1.97 bits per heavy atom. The number of piperidine rings is 1. The monoisotopic (exact) mass is 399 g/mol. The van der Waals surface area contributed by atoms with Crippen LogP contribution in [0.25, 0.3) is 22.2 Å². The van der Waals surface area contributed by atoms with Gasteiger partial charge in [-0.3, -0.25) is 10.00 Å². The first kappa shape index (κ1) is 18.0. The highest BCUT2D eigenvalue weighted by Crippen LogP contribution is 2.42. The minimum atomic E-state index is -2.87. The number of pyridine rings is 1. The van der Waals surface area contributed by atoms with Crippen LogP contribution >= 0.6 is 0 Å². The van der Waals surface area contributed by atoms with Crippen LogP contribution in [0.4, 0.5) is 19.4 Å². The highest BCUT2D eigenvalue weighted by atomic mass is 19.3. The van der Waals surface area contributed by atoms with Gasteiger partial charge in [0.15, 0.2) is 6.10 Å². The molecule has 1 fully saturated rings. The van der Waals surface area contributed by atoms with Crippen LogP contribution in [0.3, 0.4) is 0 Å². The summed E-state index contributed by atoms with van der Waals surface area (Å²) in [6.07, 6.45) is -2.12. The van der Waals surface area contributed by atoms with Crippen LogP contribution in [0.15, 0.2) is 36.5 Å². The second kappa shape index (κ2) is 7.07. The van der Waals surface area contributed by atoms with Gasteiger partial charge in [0.05, 0.1) is 17.1 Å². The predicted molar refractivity (Wildman–Crippen MR) is 103 cm³/mol. The predicted octanol–water partition coefficient (Wildman–Crippen LogP) is 3.89. The summed E-state index contributed by atoms with van der Waals surface area (Å²) in [5, 5.41) is 11.5. The van der Waals surface area contributed by atoms with Crippen molar-refractivity contribution in [3.8, 4) is 11.3 Å². The van der Waals surface area contributed by atoms with Crippen molar-refractivity contribution in [1.82, 2.24) is 20.1 Å². The normalized spacial score (nSPS) is 19.8. The number of hydrogen-bond donors (Lipinski definition) is 2. The van der Waals surface area contributed by atoms with Crippen molar-refractivity contribution in [2.75, 3.05) is 18.4 Å². The largest absolute Gasteiger partial charge is 0.435 e. The second-order valence-electron chi connectivity index (χ2n) is 7.20. The van der Waals surface area contributed by atoms with Crippen LogP contribution in [-0.4, -0.2) is 40.4 Å². The molecule has 29 heavy (non-hydrogen) atoms. The van der Waals surface area contributed by atoms with Crippen LogP contribution < -0.4 is 10.6 Å². The Kier molecular flexibility index (Phi) is 4.39. The lowest BCUT2D eigenvalue weighted by molar-refractivity contribution is -0.0168. The first-order valence-corrected chi connectivity index (χ1v) is 9.56. The molecule has 0 radical (unpaired) electrons. The maximum Gasteiger partial charge on any atom is 0.413 e. The Morgan fingerprint density at radius 3 is 2.76 bits per heavy atom. The van der Waals surface area contributed by atoms with Crippen molar-refractivity contribution in [1.29, 1.82) is 0 Å².